The Hall–Kier alpha value is -1.89. The highest BCUT2D eigenvalue weighted by Gasteiger charge is 2.23. The van der Waals surface area contributed by atoms with Gasteiger partial charge in [-0.1, -0.05) is 30.7 Å². The number of anilines is 1. The van der Waals surface area contributed by atoms with Gasteiger partial charge in [0.1, 0.15) is 0 Å². The number of fused-ring (bicyclic) bond motifs is 1. The van der Waals surface area contributed by atoms with Gasteiger partial charge in [0, 0.05) is 30.2 Å². The van der Waals surface area contributed by atoms with Crippen molar-refractivity contribution in [2.75, 3.05) is 11.4 Å². The van der Waals surface area contributed by atoms with E-state index in [0.29, 0.717) is 24.4 Å². The molecule has 0 unspecified atom stereocenters. The molecule has 0 saturated heterocycles. The Balaban J connectivity index is 1.75. The quantitative estimate of drug-likeness (QED) is 0.818. The molecule has 0 atom stereocenters. The van der Waals surface area contributed by atoms with Crippen LogP contribution in [0.4, 0.5) is 5.69 Å². The van der Waals surface area contributed by atoms with Gasteiger partial charge < -0.3 is 4.90 Å². The van der Waals surface area contributed by atoms with E-state index in [1.54, 1.807) is 12.1 Å². The summed E-state index contributed by atoms with van der Waals surface area (Å²) < 4.78 is 27.4. The maximum Gasteiger partial charge on any atom is 0.240 e. The molecule has 0 fully saturated rings. The van der Waals surface area contributed by atoms with Crippen LogP contribution in [0.25, 0.3) is 0 Å². The molecule has 138 valence electrons. The van der Waals surface area contributed by atoms with E-state index >= 15 is 0 Å². The summed E-state index contributed by atoms with van der Waals surface area (Å²) in [5, 5.41) is 0.491. The molecule has 0 spiro atoms. The molecule has 5 nitrogen and oxygen atoms in total. The number of nitrogens with zero attached hydrogens (tertiary/aromatic N) is 1. The van der Waals surface area contributed by atoms with E-state index in [4.69, 9.17) is 11.6 Å². The SMILES string of the molecule is CCCN1C(=O)CCc2cc(CNS(=O)(=O)c3ccc(Cl)cc3)ccc21. The fraction of sp³-hybridized carbons (Fsp3) is 0.316. The van der Waals surface area contributed by atoms with Crippen LogP contribution in [0.1, 0.15) is 30.9 Å². The van der Waals surface area contributed by atoms with E-state index < -0.39 is 10.0 Å². The predicted molar refractivity (Wildman–Crippen MR) is 103 cm³/mol. The zero-order valence-corrected chi connectivity index (χ0v) is 16.1. The smallest absolute Gasteiger partial charge is 0.240 e. The van der Waals surface area contributed by atoms with Crippen LogP contribution >= 0.6 is 11.6 Å². The van der Waals surface area contributed by atoms with Crippen molar-refractivity contribution in [1.82, 2.24) is 4.72 Å². The summed E-state index contributed by atoms with van der Waals surface area (Å²) in [4.78, 5) is 14.1. The van der Waals surface area contributed by atoms with Crippen molar-refractivity contribution in [3.8, 4) is 0 Å². The Morgan fingerprint density at radius 2 is 1.85 bits per heavy atom. The second-order valence-corrected chi connectivity index (χ2v) is 8.49. The summed E-state index contributed by atoms with van der Waals surface area (Å²) in [5.74, 6) is 0.149. The van der Waals surface area contributed by atoms with Crippen molar-refractivity contribution in [3.63, 3.8) is 0 Å². The average Bonchev–Trinajstić information content (AvgIpc) is 2.63. The van der Waals surface area contributed by atoms with Crippen molar-refractivity contribution >= 4 is 33.2 Å². The van der Waals surface area contributed by atoms with Gasteiger partial charge in [-0.15, -0.1) is 0 Å². The lowest BCUT2D eigenvalue weighted by Gasteiger charge is -2.29. The number of carbonyl (C=O) groups excluding carboxylic acids is 1. The fourth-order valence-electron chi connectivity index (χ4n) is 3.07. The first kappa shape index (κ1) is 18.9. The van der Waals surface area contributed by atoms with Gasteiger partial charge in [-0.25, -0.2) is 13.1 Å². The van der Waals surface area contributed by atoms with E-state index in [2.05, 4.69) is 4.72 Å². The third kappa shape index (κ3) is 4.09. The summed E-state index contributed by atoms with van der Waals surface area (Å²) in [7, 11) is -3.60. The first-order chi connectivity index (χ1) is 12.4. The second kappa shape index (κ2) is 7.78. The lowest BCUT2D eigenvalue weighted by molar-refractivity contribution is -0.118. The maximum absolute atomic E-state index is 12.4. The van der Waals surface area contributed by atoms with Gasteiger partial charge in [-0.05, 0) is 54.3 Å². The molecule has 1 aliphatic rings. The van der Waals surface area contributed by atoms with E-state index in [-0.39, 0.29) is 17.3 Å². The highest BCUT2D eigenvalue weighted by atomic mass is 35.5. The number of benzene rings is 2. The molecular weight excluding hydrogens is 372 g/mol. The van der Waals surface area contributed by atoms with Gasteiger partial charge in [0.05, 0.1) is 4.90 Å². The number of rotatable bonds is 6. The standard InChI is InChI=1S/C19H21ClN2O3S/c1-2-11-22-18-9-3-14(12-15(18)4-10-19(22)23)13-21-26(24,25)17-7-5-16(20)6-8-17/h3,5-9,12,21H,2,4,10-11,13H2,1H3. The Morgan fingerprint density at radius 3 is 2.54 bits per heavy atom. The molecule has 0 bridgehead atoms. The fourth-order valence-corrected chi connectivity index (χ4v) is 4.21. The van der Waals surface area contributed by atoms with Crippen LogP contribution in [0.15, 0.2) is 47.4 Å². The van der Waals surface area contributed by atoms with Crippen LogP contribution in [0.5, 0.6) is 0 Å². The lowest BCUT2D eigenvalue weighted by Crippen LogP contribution is -2.35. The minimum Gasteiger partial charge on any atom is -0.312 e. The molecule has 2 aromatic rings. The zero-order chi connectivity index (χ0) is 18.7. The third-order valence-electron chi connectivity index (χ3n) is 4.38. The Kier molecular flexibility index (Phi) is 5.65. The maximum atomic E-state index is 12.4. The number of sulfonamides is 1. The molecule has 0 saturated carbocycles. The predicted octanol–water partition coefficient (Wildman–Crippen LogP) is 3.51. The van der Waals surface area contributed by atoms with Crippen molar-refractivity contribution in [3.05, 3.63) is 58.6 Å². The number of aryl methyl sites for hydroxylation is 1. The normalized spacial score (nSPS) is 14.4. The molecule has 0 aliphatic carbocycles. The number of halogens is 1. The topological polar surface area (TPSA) is 66.5 Å². The van der Waals surface area contributed by atoms with Crippen LogP contribution in [0, 0.1) is 0 Å². The molecule has 26 heavy (non-hydrogen) atoms. The summed E-state index contributed by atoms with van der Waals surface area (Å²) >= 11 is 5.80. The molecule has 7 heteroatoms. The number of carbonyl (C=O) groups is 1. The Bertz CT molecular complexity index is 911. The monoisotopic (exact) mass is 392 g/mol. The summed E-state index contributed by atoms with van der Waals surface area (Å²) in [6.45, 7) is 2.94. The lowest BCUT2D eigenvalue weighted by atomic mass is 9.98. The van der Waals surface area contributed by atoms with Gasteiger partial charge in [-0.3, -0.25) is 4.79 Å². The third-order valence-corrected chi connectivity index (χ3v) is 6.05. The largest absolute Gasteiger partial charge is 0.312 e. The van der Waals surface area contributed by atoms with Gasteiger partial charge in [0.15, 0.2) is 0 Å². The van der Waals surface area contributed by atoms with E-state index in [9.17, 15) is 13.2 Å². The van der Waals surface area contributed by atoms with E-state index in [1.807, 2.05) is 30.0 Å². The summed E-state index contributed by atoms with van der Waals surface area (Å²) in [5.41, 5.74) is 2.89. The van der Waals surface area contributed by atoms with Crippen LogP contribution in [-0.4, -0.2) is 20.9 Å². The first-order valence-corrected chi connectivity index (χ1v) is 10.4. The molecule has 1 amide bonds. The van der Waals surface area contributed by atoms with Crippen LogP contribution < -0.4 is 9.62 Å². The minimum absolute atomic E-state index is 0.149. The summed E-state index contributed by atoms with van der Waals surface area (Å²) in [6.07, 6.45) is 2.08. The van der Waals surface area contributed by atoms with E-state index in [1.165, 1.54) is 12.1 Å². The zero-order valence-electron chi connectivity index (χ0n) is 14.5. The summed E-state index contributed by atoms with van der Waals surface area (Å²) in [6, 6.07) is 11.8. The molecule has 1 aliphatic heterocycles. The second-order valence-electron chi connectivity index (χ2n) is 6.29. The van der Waals surface area contributed by atoms with Crippen molar-refractivity contribution in [2.45, 2.75) is 37.6 Å². The Morgan fingerprint density at radius 1 is 1.12 bits per heavy atom. The van der Waals surface area contributed by atoms with Crippen molar-refractivity contribution < 1.29 is 13.2 Å². The van der Waals surface area contributed by atoms with E-state index in [0.717, 1.165) is 23.2 Å². The van der Waals surface area contributed by atoms with Crippen LogP contribution in [-0.2, 0) is 27.8 Å². The molecular formula is C19H21ClN2O3S. The highest BCUT2D eigenvalue weighted by Crippen LogP contribution is 2.29. The first-order valence-electron chi connectivity index (χ1n) is 8.58. The van der Waals surface area contributed by atoms with Crippen molar-refractivity contribution in [1.29, 1.82) is 0 Å². The molecule has 0 aromatic heterocycles. The number of amides is 1. The molecule has 1 N–H and O–H groups in total. The van der Waals surface area contributed by atoms with Crippen molar-refractivity contribution in [2.24, 2.45) is 0 Å². The van der Waals surface area contributed by atoms with Crippen LogP contribution in [0.2, 0.25) is 5.02 Å². The number of hydrogen-bond acceptors (Lipinski definition) is 3. The molecule has 2 aromatic carbocycles. The van der Waals surface area contributed by atoms with Gasteiger partial charge in [-0.2, -0.15) is 0 Å². The minimum atomic E-state index is -3.60. The molecule has 0 radical (unpaired) electrons. The number of hydrogen-bond donors (Lipinski definition) is 1. The van der Waals surface area contributed by atoms with Gasteiger partial charge in [0.2, 0.25) is 15.9 Å². The Labute approximate surface area is 159 Å². The van der Waals surface area contributed by atoms with Gasteiger partial charge >= 0.3 is 0 Å². The van der Waals surface area contributed by atoms with Gasteiger partial charge in [0.25, 0.3) is 0 Å². The highest BCUT2D eigenvalue weighted by molar-refractivity contribution is 7.89. The molecule has 1 heterocycles. The molecule has 3 rings (SSSR count). The van der Waals surface area contributed by atoms with Crippen LogP contribution in [0.3, 0.4) is 0 Å². The number of nitrogens with one attached hydrogen (secondary N) is 1. The average molecular weight is 393 g/mol.